The average Bonchev–Trinajstić information content (AvgIpc) is 2.86. The van der Waals surface area contributed by atoms with Crippen LogP contribution in [-0.2, 0) is 0 Å². The third-order valence-electron chi connectivity index (χ3n) is 4.71. The molecule has 4 heteroatoms. The second-order valence-corrected chi connectivity index (χ2v) is 5.70. The highest BCUT2D eigenvalue weighted by Crippen LogP contribution is 2.39. The summed E-state index contributed by atoms with van der Waals surface area (Å²) in [7, 11) is 1.92. The molecule has 2 rings (SSSR count). The summed E-state index contributed by atoms with van der Waals surface area (Å²) < 4.78 is 0. The number of aryl methyl sites for hydroxylation is 1. The fraction of sp³-hybridized carbons (Fsp3) is 0.733. The Bertz CT molecular complexity index is 452. The van der Waals surface area contributed by atoms with Gasteiger partial charge in [0.15, 0.2) is 0 Å². The molecule has 0 saturated carbocycles. The zero-order chi connectivity index (χ0) is 14.0. The van der Waals surface area contributed by atoms with Crippen LogP contribution in [0.3, 0.4) is 0 Å². The minimum atomic E-state index is 0.477. The van der Waals surface area contributed by atoms with Crippen molar-refractivity contribution in [1.29, 1.82) is 0 Å². The first-order valence-electron chi connectivity index (χ1n) is 7.33. The van der Waals surface area contributed by atoms with Crippen molar-refractivity contribution in [2.75, 3.05) is 30.4 Å². The predicted molar refractivity (Wildman–Crippen MR) is 80.9 cm³/mol. The summed E-state index contributed by atoms with van der Waals surface area (Å²) in [5, 5.41) is 3.17. The van der Waals surface area contributed by atoms with E-state index in [9.17, 15) is 0 Å². The van der Waals surface area contributed by atoms with Gasteiger partial charge in [0.2, 0.25) is 0 Å². The van der Waals surface area contributed by atoms with E-state index in [1.165, 1.54) is 19.3 Å². The van der Waals surface area contributed by atoms with Gasteiger partial charge < -0.3 is 10.2 Å². The van der Waals surface area contributed by atoms with E-state index in [1.807, 2.05) is 14.0 Å². The van der Waals surface area contributed by atoms with Crippen molar-refractivity contribution in [3.63, 3.8) is 0 Å². The van der Waals surface area contributed by atoms with Crippen molar-refractivity contribution in [1.82, 2.24) is 9.97 Å². The van der Waals surface area contributed by atoms with Gasteiger partial charge in [0.25, 0.3) is 0 Å². The number of aromatic nitrogens is 2. The summed E-state index contributed by atoms with van der Waals surface area (Å²) in [5.74, 6) is 2.91. The van der Waals surface area contributed by atoms with Gasteiger partial charge in [-0.05, 0) is 38.5 Å². The maximum absolute atomic E-state index is 4.67. The van der Waals surface area contributed by atoms with E-state index in [4.69, 9.17) is 0 Å². The van der Waals surface area contributed by atoms with Crippen LogP contribution in [0.4, 0.5) is 11.6 Å². The molecule has 0 atom stereocenters. The van der Waals surface area contributed by atoms with Crippen LogP contribution in [0.1, 0.15) is 44.5 Å². The van der Waals surface area contributed by atoms with E-state index in [1.54, 1.807) is 0 Å². The van der Waals surface area contributed by atoms with Gasteiger partial charge in [-0.3, -0.25) is 0 Å². The zero-order valence-corrected chi connectivity index (χ0v) is 12.9. The second kappa shape index (κ2) is 5.35. The van der Waals surface area contributed by atoms with E-state index in [0.717, 1.165) is 36.1 Å². The van der Waals surface area contributed by atoms with Crippen LogP contribution in [0, 0.1) is 19.3 Å². The zero-order valence-electron chi connectivity index (χ0n) is 12.9. The summed E-state index contributed by atoms with van der Waals surface area (Å²) >= 11 is 0. The molecular formula is C15H26N4. The van der Waals surface area contributed by atoms with Crippen molar-refractivity contribution in [3.05, 3.63) is 11.4 Å². The van der Waals surface area contributed by atoms with Gasteiger partial charge in [-0.1, -0.05) is 13.8 Å². The first-order chi connectivity index (χ1) is 9.05. The summed E-state index contributed by atoms with van der Waals surface area (Å²) in [6.07, 6.45) is 3.78. The van der Waals surface area contributed by atoms with Crippen LogP contribution in [0.2, 0.25) is 0 Å². The number of hydrogen-bond donors (Lipinski definition) is 1. The Hall–Kier alpha value is -1.32. The molecule has 1 aliphatic rings. The lowest BCUT2D eigenvalue weighted by Crippen LogP contribution is -2.27. The van der Waals surface area contributed by atoms with Gasteiger partial charge in [0.05, 0.1) is 0 Å². The summed E-state index contributed by atoms with van der Waals surface area (Å²) in [5.41, 5.74) is 1.64. The Morgan fingerprint density at radius 3 is 2.42 bits per heavy atom. The number of nitrogens with zero attached hydrogens (tertiary/aromatic N) is 3. The highest BCUT2D eigenvalue weighted by atomic mass is 15.2. The van der Waals surface area contributed by atoms with Crippen molar-refractivity contribution in [3.8, 4) is 0 Å². The maximum Gasteiger partial charge on any atom is 0.137 e. The fourth-order valence-corrected chi connectivity index (χ4v) is 3.11. The molecule has 1 aliphatic heterocycles. The third kappa shape index (κ3) is 2.53. The molecule has 1 aromatic rings. The van der Waals surface area contributed by atoms with Gasteiger partial charge in [0.1, 0.15) is 17.5 Å². The number of hydrogen-bond acceptors (Lipinski definition) is 4. The van der Waals surface area contributed by atoms with Crippen LogP contribution in [0.15, 0.2) is 0 Å². The van der Waals surface area contributed by atoms with Crippen molar-refractivity contribution in [2.45, 2.75) is 47.0 Å². The monoisotopic (exact) mass is 262 g/mol. The number of nitrogens with one attached hydrogen (secondary N) is 1. The number of rotatable bonds is 4. The van der Waals surface area contributed by atoms with Crippen LogP contribution >= 0.6 is 0 Å². The second-order valence-electron chi connectivity index (χ2n) is 5.70. The Morgan fingerprint density at radius 2 is 1.89 bits per heavy atom. The Kier molecular flexibility index (Phi) is 3.97. The van der Waals surface area contributed by atoms with Crippen LogP contribution < -0.4 is 10.2 Å². The molecular weight excluding hydrogens is 236 g/mol. The minimum absolute atomic E-state index is 0.477. The molecule has 0 bridgehead atoms. The van der Waals surface area contributed by atoms with E-state index in [0.29, 0.717) is 5.41 Å². The van der Waals surface area contributed by atoms with Crippen molar-refractivity contribution in [2.24, 2.45) is 5.41 Å². The number of anilines is 2. The van der Waals surface area contributed by atoms with Gasteiger partial charge in [0, 0.05) is 25.7 Å². The predicted octanol–water partition coefficient (Wildman–Crippen LogP) is 3.15. The third-order valence-corrected chi connectivity index (χ3v) is 4.71. The SMILES string of the molecule is CCC1(CC)CCN(c2nc(C)nc(NC)c2C)C1. The lowest BCUT2D eigenvalue weighted by Gasteiger charge is -2.27. The normalized spacial score (nSPS) is 17.8. The first kappa shape index (κ1) is 14.1. The topological polar surface area (TPSA) is 41.1 Å². The molecule has 0 radical (unpaired) electrons. The Balaban J connectivity index is 2.31. The van der Waals surface area contributed by atoms with Gasteiger partial charge in [-0.15, -0.1) is 0 Å². The quantitative estimate of drug-likeness (QED) is 0.905. The molecule has 1 saturated heterocycles. The van der Waals surface area contributed by atoms with Gasteiger partial charge >= 0.3 is 0 Å². The van der Waals surface area contributed by atoms with Gasteiger partial charge in [-0.25, -0.2) is 9.97 Å². The molecule has 0 aliphatic carbocycles. The molecule has 2 heterocycles. The van der Waals surface area contributed by atoms with E-state index in [-0.39, 0.29) is 0 Å². The van der Waals surface area contributed by atoms with Gasteiger partial charge in [-0.2, -0.15) is 0 Å². The lowest BCUT2D eigenvalue weighted by atomic mass is 9.82. The summed E-state index contributed by atoms with van der Waals surface area (Å²) in [4.78, 5) is 11.6. The molecule has 19 heavy (non-hydrogen) atoms. The maximum atomic E-state index is 4.67. The van der Waals surface area contributed by atoms with Crippen molar-refractivity contribution >= 4 is 11.6 Å². The summed E-state index contributed by atoms with van der Waals surface area (Å²) in [6, 6.07) is 0. The highest BCUT2D eigenvalue weighted by molar-refractivity contribution is 5.59. The standard InChI is InChI=1S/C15H26N4/c1-6-15(7-2)8-9-19(10-15)14-11(3)13(16-5)17-12(4)18-14/h6-10H2,1-5H3,(H,16,17,18). The minimum Gasteiger partial charge on any atom is -0.373 e. The molecule has 0 unspecified atom stereocenters. The fourth-order valence-electron chi connectivity index (χ4n) is 3.11. The molecule has 1 N–H and O–H groups in total. The van der Waals surface area contributed by atoms with E-state index < -0.39 is 0 Å². The van der Waals surface area contributed by atoms with E-state index >= 15 is 0 Å². The van der Waals surface area contributed by atoms with Crippen LogP contribution in [0.5, 0.6) is 0 Å². The highest BCUT2D eigenvalue weighted by Gasteiger charge is 2.36. The van der Waals surface area contributed by atoms with Crippen LogP contribution in [-0.4, -0.2) is 30.1 Å². The van der Waals surface area contributed by atoms with Crippen molar-refractivity contribution < 1.29 is 0 Å². The molecule has 1 fully saturated rings. The van der Waals surface area contributed by atoms with E-state index in [2.05, 4.69) is 41.0 Å². The van der Waals surface area contributed by atoms with Crippen LogP contribution in [0.25, 0.3) is 0 Å². The Labute approximate surface area is 116 Å². The molecule has 0 spiro atoms. The molecule has 4 nitrogen and oxygen atoms in total. The molecule has 0 amide bonds. The average molecular weight is 262 g/mol. The molecule has 0 aromatic carbocycles. The smallest absolute Gasteiger partial charge is 0.137 e. The molecule has 106 valence electrons. The summed E-state index contributed by atoms with van der Waals surface area (Å²) in [6.45, 7) is 10.9. The lowest BCUT2D eigenvalue weighted by molar-refractivity contribution is 0.301. The largest absolute Gasteiger partial charge is 0.373 e. The molecule has 1 aromatic heterocycles. The first-order valence-corrected chi connectivity index (χ1v) is 7.33. The Morgan fingerprint density at radius 1 is 1.21 bits per heavy atom.